The maximum Gasteiger partial charge on any atom is 0.119 e. The Morgan fingerprint density at radius 1 is 1.21 bits per heavy atom. The molecular formula is C16H20N2O. The number of methoxy groups -OCH3 is 1. The van der Waals surface area contributed by atoms with Crippen LogP contribution in [0.5, 0.6) is 5.75 Å². The van der Waals surface area contributed by atoms with Crippen LogP contribution in [0, 0.1) is 0 Å². The number of ether oxygens (including phenoxy) is 1. The van der Waals surface area contributed by atoms with Crippen molar-refractivity contribution in [3.63, 3.8) is 0 Å². The van der Waals surface area contributed by atoms with E-state index in [1.807, 2.05) is 30.6 Å². The van der Waals surface area contributed by atoms with Gasteiger partial charge in [0.25, 0.3) is 0 Å². The third-order valence-electron chi connectivity index (χ3n) is 3.33. The van der Waals surface area contributed by atoms with Gasteiger partial charge in [0, 0.05) is 18.0 Å². The number of nitrogens with two attached hydrogens (primary N) is 1. The van der Waals surface area contributed by atoms with Gasteiger partial charge in [0.2, 0.25) is 0 Å². The van der Waals surface area contributed by atoms with Gasteiger partial charge in [-0.3, -0.25) is 4.98 Å². The minimum atomic E-state index is 0.433. The first-order chi connectivity index (χ1) is 9.24. The fourth-order valence-corrected chi connectivity index (χ4v) is 2.10. The molecule has 0 aliphatic rings. The molecule has 19 heavy (non-hydrogen) atoms. The van der Waals surface area contributed by atoms with Crippen LogP contribution in [0.4, 0.5) is 0 Å². The molecule has 2 rings (SSSR count). The minimum absolute atomic E-state index is 0.433. The average molecular weight is 256 g/mol. The Labute approximate surface area is 114 Å². The highest BCUT2D eigenvalue weighted by atomic mass is 16.5. The summed E-state index contributed by atoms with van der Waals surface area (Å²) in [5.74, 6) is 1.29. The van der Waals surface area contributed by atoms with Gasteiger partial charge in [0.05, 0.1) is 7.11 Å². The predicted molar refractivity (Wildman–Crippen MR) is 78.3 cm³/mol. The molecule has 1 atom stereocenters. The van der Waals surface area contributed by atoms with Gasteiger partial charge in [0.1, 0.15) is 5.75 Å². The van der Waals surface area contributed by atoms with Crippen molar-refractivity contribution in [1.82, 2.24) is 4.98 Å². The lowest BCUT2D eigenvalue weighted by Gasteiger charge is -2.12. The monoisotopic (exact) mass is 256 g/mol. The van der Waals surface area contributed by atoms with Gasteiger partial charge >= 0.3 is 0 Å². The van der Waals surface area contributed by atoms with E-state index in [2.05, 4.69) is 24.0 Å². The Bertz CT molecular complexity index is 540. The zero-order valence-corrected chi connectivity index (χ0v) is 11.5. The summed E-state index contributed by atoms with van der Waals surface area (Å²) in [6, 6.07) is 10.2. The van der Waals surface area contributed by atoms with E-state index in [0.29, 0.717) is 12.5 Å². The molecule has 100 valence electrons. The molecule has 0 saturated heterocycles. The maximum absolute atomic E-state index is 5.62. The van der Waals surface area contributed by atoms with Crippen molar-refractivity contribution in [2.75, 3.05) is 13.7 Å². The Balaban J connectivity index is 2.31. The van der Waals surface area contributed by atoms with Gasteiger partial charge in [-0.15, -0.1) is 0 Å². The van der Waals surface area contributed by atoms with Gasteiger partial charge in [-0.2, -0.15) is 0 Å². The van der Waals surface area contributed by atoms with Crippen molar-refractivity contribution in [3.05, 3.63) is 48.3 Å². The highest BCUT2D eigenvalue weighted by Gasteiger charge is 2.07. The van der Waals surface area contributed by atoms with Gasteiger partial charge in [-0.05, 0) is 48.2 Å². The van der Waals surface area contributed by atoms with Crippen molar-refractivity contribution in [2.45, 2.75) is 19.3 Å². The molecule has 0 aliphatic heterocycles. The highest BCUT2D eigenvalue weighted by molar-refractivity contribution is 5.64. The van der Waals surface area contributed by atoms with Crippen molar-refractivity contribution in [2.24, 2.45) is 5.73 Å². The molecule has 2 aromatic rings. The van der Waals surface area contributed by atoms with Crippen molar-refractivity contribution >= 4 is 0 Å². The zero-order valence-electron chi connectivity index (χ0n) is 11.5. The number of pyridine rings is 1. The Kier molecular flexibility index (Phi) is 4.53. The van der Waals surface area contributed by atoms with Crippen molar-refractivity contribution in [1.29, 1.82) is 0 Å². The fraction of sp³-hybridized carbons (Fsp3) is 0.312. The highest BCUT2D eigenvalue weighted by Crippen LogP contribution is 2.26. The summed E-state index contributed by atoms with van der Waals surface area (Å²) in [7, 11) is 1.68. The summed E-state index contributed by atoms with van der Waals surface area (Å²) in [4.78, 5) is 4.34. The van der Waals surface area contributed by atoms with Gasteiger partial charge in [0.15, 0.2) is 0 Å². The van der Waals surface area contributed by atoms with Crippen LogP contribution in [-0.2, 0) is 0 Å². The van der Waals surface area contributed by atoms with E-state index in [-0.39, 0.29) is 0 Å². The number of hydrogen-bond acceptors (Lipinski definition) is 3. The van der Waals surface area contributed by atoms with Gasteiger partial charge in [-0.1, -0.05) is 19.1 Å². The Hall–Kier alpha value is -1.87. The normalized spacial score (nSPS) is 12.2. The summed E-state index contributed by atoms with van der Waals surface area (Å²) in [5.41, 5.74) is 9.07. The summed E-state index contributed by atoms with van der Waals surface area (Å²) >= 11 is 0. The topological polar surface area (TPSA) is 48.1 Å². The first-order valence-corrected chi connectivity index (χ1v) is 6.54. The largest absolute Gasteiger partial charge is 0.497 e. The van der Waals surface area contributed by atoms with E-state index >= 15 is 0 Å². The SMILES string of the molecule is COc1cccc(-c2cncc(C(C)CCN)c2)c1. The van der Waals surface area contributed by atoms with Crippen molar-refractivity contribution < 1.29 is 4.74 Å². The maximum atomic E-state index is 5.62. The molecule has 0 bridgehead atoms. The van der Waals surface area contributed by atoms with Crippen LogP contribution in [-0.4, -0.2) is 18.6 Å². The van der Waals surface area contributed by atoms with E-state index in [9.17, 15) is 0 Å². The molecule has 1 aromatic carbocycles. The lowest BCUT2D eigenvalue weighted by molar-refractivity contribution is 0.415. The third kappa shape index (κ3) is 3.32. The second-order valence-corrected chi connectivity index (χ2v) is 4.72. The molecule has 0 fully saturated rings. The van der Waals surface area contributed by atoms with Crippen LogP contribution in [0.2, 0.25) is 0 Å². The molecule has 0 saturated carbocycles. The Morgan fingerprint density at radius 3 is 2.79 bits per heavy atom. The molecule has 2 N–H and O–H groups in total. The minimum Gasteiger partial charge on any atom is -0.497 e. The molecule has 0 aliphatic carbocycles. The molecular weight excluding hydrogens is 236 g/mol. The zero-order chi connectivity index (χ0) is 13.7. The number of rotatable bonds is 5. The standard InChI is InChI=1S/C16H20N2O/c1-12(6-7-17)14-8-15(11-18-10-14)13-4-3-5-16(9-13)19-2/h3-5,8-12H,6-7,17H2,1-2H3. The molecule has 0 amide bonds. The first kappa shape index (κ1) is 13.6. The second kappa shape index (κ2) is 6.34. The van der Waals surface area contributed by atoms with E-state index in [0.717, 1.165) is 23.3 Å². The lowest BCUT2D eigenvalue weighted by Crippen LogP contribution is -2.04. The van der Waals surface area contributed by atoms with Crippen LogP contribution < -0.4 is 10.5 Å². The number of hydrogen-bond donors (Lipinski definition) is 1. The van der Waals surface area contributed by atoms with Crippen LogP contribution in [0.15, 0.2) is 42.7 Å². The van der Waals surface area contributed by atoms with Crippen LogP contribution in [0.1, 0.15) is 24.8 Å². The van der Waals surface area contributed by atoms with E-state index in [1.54, 1.807) is 7.11 Å². The Morgan fingerprint density at radius 2 is 2.05 bits per heavy atom. The number of aromatic nitrogens is 1. The summed E-state index contributed by atoms with van der Waals surface area (Å²) in [5, 5.41) is 0. The number of nitrogens with zero attached hydrogens (tertiary/aromatic N) is 1. The second-order valence-electron chi connectivity index (χ2n) is 4.72. The molecule has 1 heterocycles. The molecule has 1 aromatic heterocycles. The molecule has 1 unspecified atom stereocenters. The van der Waals surface area contributed by atoms with Gasteiger partial charge in [-0.25, -0.2) is 0 Å². The van der Waals surface area contributed by atoms with Crippen LogP contribution in [0.25, 0.3) is 11.1 Å². The molecule has 3 heteroatoms. The molecule has 0 spiro atoms. The van der Waals surface area contributed by atoms with Crippen LogP contribution in [0.3, 0.4) is 0 Å². The summed E-state index contributed by atoms with van der Waals surface area (Å²) in [6.45, 7) is 2.88. The predicted octanol–water partition coefficient (Wildman–Crippen LogP) is 3.21. The smallest absolute Gasteiger partial charge is 0.119 e. The quantitative estimate of drug-likeness (QED) is 0.893. The van der Waals surface area contributed by atoms with E-state index < -0.39 is 0 Å². The van der Waals surface area contributed by atoms with Crippen molar-refractivity contribution in [3.8, 4) is 16.9 Å². The summed E-state index contributed by atoms with van der Waals surface area (Å²) < 4.78 is 5.26. The molecule has 0 radical (unpaired) electrons. The average Bonchev–Trinajstić information content (AvgIpc) is 2.48. The van der Waals surface area contributed by atoms with E-state index in [4.69, 9.17) is 10.5 Å². The summed E-state index contributed by atoms with van der Waals surface area (Å²) in [6.07, 6.45) is 4.78. The van der Waals surface area contributed by atoms with Gasteiger partial charge < -0.3 is 10.5 Å². The number of benzene rings is 1. The fourth-order valence-electron chi connectivity index (χ4n) is 2.10. The van der Waals surface area contributed by atoms with Crippen LogP contribution >= 0.6 is 0 Å². The first-order valence-electron chi connectivity index (χ1n) is 6.54. The van der Waals surface area contributed by atoms with E-state index in [1.165, 1.54) is 5.56 Å². The molecule has 3 nitrogen and oxygen atoms in total. The third-order valence-corrected chi connectivity index (χ3v) is 3.33. The lowest BCUT2D eigenvalue weighted by atomic mass is 9.96.